The molecule has 10 heteroatoms. The van der Waals surface area contributed by atoms with Crippen LogP contribution < -0.4 is 5.73 Å². The molecule has 9 nitrogen and oxygen atoms in total. The molecule has 0 aromatic heterocycles. The van der Waals surface area contributed by atoms with Gasteiger partial charge >= 0.3 is 19.8 Å². The van der Waals surface area contributed by atoms with Crippen LogP contribution in [0, 0.1) is 0 Å². The van der Waals surface area contributed by atoms with Gasteiger partial charge < -0.3 is 20.1 Å². The Kier molecular flexibility index (Phi) is 57.4. The second kappa shape index (κ2) is 60.9. The van der Waals surface area contributed by atoms with Gasteiger partial charge in [0.2, 0.25) is 0 Å². The van der Waals surface area contributed by atoms with E-state index < -0.39 is 32.5 Å². The van der Waals surface area contributed by atoms with Crippen LogP contribution in [0.4, 0.5) is 0 Å². The molecule has 0 radical (unpaired) electrons. The number of ether oxygens (including phenoxy) is 2. The summed E-state index contributed by atoms with van der Waals surface area (Å²) in [7, 11) is -4.41. The Hall–Kier alpha value is -4.37. The topological polar surface area (TPSA) is 134 Å². The summed E-state index contributed by atoms with van der Waals surface area (Å²) in [6, 6.07) is 0. The highest BCUT2D eigenvalue weighted by Gasteiger charge is 2.26. The summed E-state index contributed by atoms with van der Waals surface area (Å²) >= 11 is 0. The number of phosphoric acid groups is 1. The van der Waals surface area contributed by atoms with E-state index in [9.17, 15) is 19.0 Å². The fourth-order valence-electron chi connectivity index (χ4n) is 7.58. The first-order valence-electron chi connectivity index (χ1n) is 30.0. The Morgan fingerprint density at radius 3 is 1.05 bits per heavy atom. The standard InChI is InChI=1S/C67H108NO8P/c1-3-5-7-9-11-13-15-17-19-21-23-24-25-26-27-28-29-30-31-32-33-34-35-36-37-38-39-40-42-44-46-48-50-52-54-56-58-60-67(70)76-65(64-75-77(71,72)74-62-61-68)63-73-66(69)59-57-55-53-51-49-47-45-43-41-22-20-18-16-14-12-10-8-6-4-2/h5-8,11-14,17-20,23-24,26-27,29-30,32-33,41,43,47,49,53,55,65H,3-4,9-10,15-16,21-22,25,28,31,34-40,42,44-46,48,50-52,54,56-64,68H2,1-2H3,(H,71,72)/b7-5-,8-6-,13-11-,14-12-,19-17-,20-18-,24-23-,27-26-,30-29-,33-32-,43-41-,49-47-,55-53-. The Morgan fingerprint density at radius 1 is 0.390 bits per heavy atom. The van der Waals surface area contributed by atoms with E-state index in [2.05, 4.69) is 160 Å². The molecule has 2 unspecified atom stereocenters. The largest absolute Gasteiger partial charge is 0.472 e. The van der Waals surface area contributed by atoms with Crippen LogP contribution in [0.25, 0.3) is 0 Å². The maximum Gasteiger partial charge on any atom is 0.472 e. The monoisotopic (exact) mass is 1090 g/mol. The zero-order chi connectivity index (χ0) is 55.9. The molecule has 0 aromatic carbocycles. The summed E-state index contributed by atoms with van der Waals surface area (Å²) in [5.74, 6) is -0.935. The third-order valence-electron chi connectivity index (χ3n) is 11.9. The first-order valence-corrected chi connectivity index (χ1v) is 31.5. The minimum atomic E-state index is -4.41. The summed E-state index contributed by atoms with van der Waals surface area (Å²) in [6.45, 7) is 3.41. The van der Waals surface area contributed by atoms with Gasteiger partial charge in [-0.15, -0.1) is 0 Å². The van der Waals surface area contributed by atoms with Gasteiger partial charge in [0.15, 0.2) is 6.10 Å². The number of unbranched alkanes of at least 4 members (excludes halogenated alkanes) is 15. The van der Waals surface area contributed by atoms with Crippen LogP contribution in [0.3, 0.4) is 0 Å². The van der Waals surface area contributed by atoms with Gasteiger partial charge in [-0.05, 0) is 109 Å². The number of rotatable bonds is 54. The molecule has 0 aromatic rings. The van der Waals surface area contributed by atoms with Crippen molar-refractivity contribution in [3.8, 4) is 0 Å². The van der Waals surface area contributed by atoms with E-state index in [0.29, 0.717) is 12.8 Å². The van der Waals surface area contributed by atoms with E-state index in [4.69, 9.17) is 24.3 Å². The van der Waals surface area contributed by atoms with Crippen molar-refractivity contribution in [1.82, 2.24) is 0 Å². The van der Waals surface area contributed by atoms with Crippen molar-refractivity contribution in [2.75, 3.05) is 26.4 Å². The summed E-state index contributed by atoms with van der Waals surface area (Å²) in [5, 5.41) is 0. The van der Waals surface area contributed by atoms with E-state index in [-0.39, 0.29) is 32.6 Å². The molecule has 0 aliphatic heterocycles. The van der Waals surface area contributed by atoms with E-state index >= 15 is 0 Å². The molecular formula is C67H108NO8P. The zero-order valence-electron chi connectivity index (χ0n) is 48.4. The fraction of sp³-hybridized carbons (Fsp3) is 0.582. The first kappa shape index (κ1) is 72.6. The zero-order valence-corrected chi connectivity index (χ0v) is 49.3. The lowest BCUT2D eigenvalue weighted by Crippen LogP contribution is -2.29. The molecular weight excluding hydrogens is 978 g/mol. The second-order valence-corrected chi connectivity index (χ2v) is 20.6. The Morgan fingerprint density at radius 2 is 0.701 bits per heavy atom. The van der Waals surface area contributed by atoms with Crippen LogP contribution in [0.5, 0.6) is 0 Å². The van der Waals surface area contributed by atoms with Crippen LogP contribution in [-0.4, -0.2) is 49.3 Å². The van der Waals surface area contributed by atoms with Gasteiger partial charge in [-0.3, -0.25) is 18.6 Å². The molecule has 0 spiro atoms. The SMILES string of the molecule is CC/C=C\C/C=C\C/C=C\C/C=C\C/C=C\C/C=C\C/C=C\CCCCCCCCCCCCCCCCCC(=O)OC(COC(=O)CC/C=C\C/C=C\C/C=C\C/C=C\C/C=C\C/C=C\CC)COP(=O)(O)OCCN. The number of phosphoric ester groups is 1. The average molecular weight is 1090 g/mol. The Bertz CT molecular complexity index is 1810. The van der Waals surface area contributed by atoms with Gasteiger partial charge in [-0.1, -0.05) is 255 Å². The van der Waals surface area contributed by atoms with E-state index in [1.165, 1.54) is 77.0 Å². The number of hydrogen-bond donors (Lipinski definition) is 2. The highest BCUT2D eigenvalue weighted by Crippen LogP contribution is 2.43. The van der Waals surface area contributed by atoms with Crippen molar-refractivity contribution in [3.05, 3.63) is 158 Å². The number of hydrogen-bond acceptors (Lipinski definition) is 8. The van der Waals surface area contributed by atoms with Gasteiger partial charge in [0, 0.05) is 19.4 Å². The van der Waals surface area contributed by atoms with Gasteiger partial charge in [0.25, 0.3) is 0 Å². The normalized spacial score (nSPS) is 14.2. The lowest BCUT2D eigenvalue weighted by Gasteiger charge is -2.19. The number of esters is 2. The molecule has 77 heavy (non-hydrogen) atoms. The third kappa shape index (κ3) is 60.7. The quantitative estimate of drug-likeness (QED) is 0.0264. The number of nitrogens with two attached hydrogens (primary N) is 1. The molecule has 0 bridgehead atoms. The highest BCUT2D eigenvalue weighted by molar-refractivity contribution is 7.47. The van der Waals surface area contributed by atoms with Crippen LogP contribution in [0.2, 0.25) is 0 Å². The van der Waals surface area contributed by atoms with Gasteiger partial charge in [-0.25, -0.2) is 4.57 Å². The van der Waals surface area contributed by atoms with Crippen LogP contribution >= 0.6 is 7.82 Å². The van der Waals surface area contributed by atoms with E-state index in [1.807, 2.05) is 12.2 Å². The first-order chi connectivity index (χ1) is 37.8. The minimum Gasteiger partial charge on any atom is -0.462 e. The number of carbonyl (C=O) groups excluding carboxylic acids is 2. The van der Waals surface area contributed by atoms with Crippen molar-refractivity contribution in [2.24, 2.45) is 5.73 Å². The predicted octanol–water partition coefficient (Wildman–Crippen LogP) is 19.3. The Labute approximate surface area is 470 Å². The molecule has 434 valence electrons. The molecule has 0 saturated carbocycles. The molecule has 0 aliphatic carbocycles. The van der Waals surface area contributed by atoms with Crippen molar-refractivity contribution in [3.63, 3.8) is 0 Å². The van der Waals surface area contributed by atoms with E-state index in [1.54, 1.807) is 0 Å². The summed E-state index contributed by atoms with van der Waals surface area (Å²) in [5.41, 5.74) is 5.38. The molecule has 0 amide bonds. The molecule has 0 rings (SSSR count). The highest BCUT2D eigenvalue weighted by atomic mass is 31.2. The smallest absolute Gasteiger partial charge is 0.462 e. The maximum atomic E-state index is 12.7. The molecule has 0 aliphatic rings. The second-order valence-electron chi connectivity index (χ2n) is 19.1. The van der Waals surface area contributed by atoms with Gasteiger partial charge in [0.05, 0.1) is 13.2 Å². The van der Waals surface area contributed by atoms with E-state index in [0.717, 1.165) is 103 Å². The van der Waals surface area contributed by atoms with Crippen molar-refractivity contribution >= 4 is 19.8 Å². The minimum absolute atomic E-state index is 0.0364. The van der Waals surface area contributed by atoms with Gasteiger partial charge in [-0.2, -0.15) is 0 Å². The summed E-state index contributed by atoms with van der Waals surface area (Å²) < 4.78 is 32.9. The molecule has 2 atom stereocenters. The number of allylic oxidation sites excluding steroid dienone is 26. The molecule has 3 N–H and O–H groups in total. The Balaban J connectivity index is 4.00. The van der Waals surface area contributed by atoms with Crippen LogP contribution in [0.15, 0.2) is 158 Å². The van der Waals surface area contributed by atoms with Crippen LogP contribution in [0.1, 0.15) is 219 Å². The van der Waals surface area contributed by atoms with Crippen molar-refractivity contribution < 1.29 is 37.6 Å². The van der Waals surface area contributed by atoms with Crippen molar-refractivity contribution in [2.45, 2.75) is 225 Å². The maximum absolute atomic E-state index is 12.7. The molecule has 0 saturated heterocycles. The van der Waals surface area contributed by atoms with Gasteiger partial charge in [0.1, 0.15) is 6.61 Å². The lowest BCUT2D eigenvalue weighted by molar-refractivity contribution is -0.161. The van der Waals surface area contributed by atoms with Crippen LogP contribution in [-0.2, 0) is 32.7 Å². The summed E-state index contributed by atoms with van der Waals surface area (Å²) in [6.07, 6.45) is 89.0. The fourth-order valence-corrected chi connectivity index (χ4v) is 8.35. The number of carbonyl (C=O) groups is 2. The predicted molar refractivity (Wildman–Crippen MR) is 330 cm³/mol. The van der Waals surface area contributed by atoms with Crippen molar-refractivity contribution in [1.29, 1.82) is 0 Å². The lowest BCUT2D eigenvalue weighted by atomic mass is 10.0. The average Bonchev–Trinajstić information content (AvgIpc) is 3.42. The molecule has 0 fully saturated rings. The molecule has 0 heterocycles. The summed E-state index contributed by atoms with van der Waals surface area (Å²) in [4.78, 5) is 35.1. The third-order valence-corrected chi connectivity index (χ3v) is 12.9.